The zero-order chi connectivity index (χ0) is 40.4. The van der Waals surface area contributed by atoms with Gasteiger partial charge in [-0.05, 0) is 5.56 Å². The van der Waals surface area contributed by atoms with E-state index in [1.54, 1.807) is 36.4 Å². The Labute approximate surface area is 367 Å². The third-order valence-electron chi connectivity index (χ3n) is 5.15. The molecule has 1 heterocycles. The third kappa shape index (κ3) is 40.7. The van der Waals surface area contributed by atoms with Crippen LogP contribution in [0.25, 0.3) is 22.6 Å². The van der Waals surface area contributed by atoms with E-state index in [-0.39, 0.29) is 68.9 Å². The predicted molar refractivity (Wildman–Crippen MR) is 229 cm³/mol. The van der Waals surface area contributed by atoms with Gasteiger partial charge in [0.1, 0.15) is 12.1 Å². The van der Waals surface area contributed by atoms with E-state index in [4.69, 9.17) is 19.2 Å². The second-order valence-corrected chi connectivity index (χ2v) is 8.14. The molecular weight excluding hydrogens is 870 g/mol. The first-order chi connectivity index (χ1) is 25.4. The molecule has 5 rings (SSSR count). The van der Waals surface area contributed by atoms with Crippen molar-refractivity contribution < 1.29 is 55.4 Å². The van der Waals surface area contributed by atoms with E-state index in [1.165, 1.54) is 32.5 Å². The van der Waals surface area contributed by atoms with Crippen molar-refractivity contribution in [3.05, 3.63) is 154 Å². The van der Waals surface area contributed by atoms with Gasteiger partial charge in [-0.15, -0.1) is 46.4 Å². The van der Waals surface area contributed by atoms with Gasteiger partial charge in [0, 0.05) is 49.1 Å². The number of ketones is 1. The number of hydrogen-bond donors (Lipinski definition) is 3. The number of esters is 1. The fourth-order valence-electron chi connectivity index (χ4n) is 3.23. The number of Topliss-reactive ketones (excluding diaryl/α,β-unsaturated/α-hetero) is 1. The maximum atomic E-state index is 11.3. The fourth-order valence-corrected chi connectivity index (χ4v) is 3.23. The number of ether oxygens (including phenoxy) is 1. The normalized spacial score (nSPS) is 7.11. The summed E-state index contributed by atoms with van der Waals surface area (Å²) in [6.07, 6.45) is 9.09. The zero-order valence-electron chi connectivity index (χ0n) is 32.8. The molecule has 12 nitrogen and oxygen atoms in total. The number of alkyl halides is 4. The van der Waals surface area contributed by atoms with E-state index in [0.717, 1.165) is 34.5 Å². The monoisotopic (exact) mass is 919 g/mol. The Morgan fingerprint density at radius 2 is 0.965 bits per heavy atom. The van der Waals surface area contributed by atoms with Crippen molar-refractivity contribution in [2.75, 3.05) is 32.1 Å². The zero-order valence-corrected chi connectivity index (χ0v) is 36.8. The van der Waals surface area contributed by atoms with Crippen LogP contribution >= 0.6 is 46.4 Å². The minimum atomic E-state index is -0.440. The molecule has 0 saturated heterocycles. The number of benzene rings is 4. The first-order valence-corrected chi connectivity index (χ1v) is 17.3. The molecule has 0 atom stereocenters. The Hall–Kier alpha value is -4.74. The number of aromatic amines is 1. The maximum absolute atomic E-state index is 11.3. The van der Waals surface area contributed by atoms with Gasteiger partial charge in [0.2, 0.25) is 0 Å². The number of imidazole rings is 1. The summed E-state index contributed by atoms with van der Waals surface area (Å²) in [6, 6.07) is 38.2. The second kappa shape index (κ2) is 58.0. The van der Waals surface area contributed by atoms with Crippen LogP contribution in [0, 0.1) is 14.9 Å². The van der Waals surface area contributed by atoms with Crippen LogP contribution in [0.15, 0.2) is 128 Å². The van der Waals surface area contributed by atoms with Crippen LogP contribution in [0.3, 0.4) is 0 Å². The van der Waals surface area contributed by atoms with E-state index in [0.29, 0.717) is 5.56 Å². The van der Waals surface area contributed by atoms with Gasteiger partial charge in [0.05, 0.1) is 11.9 Å². The first kappa shape index (κ1) is 73.4. The number of nitrogens with zero attached hydrogens (tertiary/aromatic N) is 1. The molecule has 0 saturated carbocycles. The van der Waals surface area contributed by atoms with Crippen molar-refractivity contribution in [3.63, 3.8) is 0 Å². The molecule has 0 fully saturated rings. The molecule has 0 aliphatic carbocycles. The van der Waals surface area contributed by atoms with Crippen LogP contribution in [-0.4, -0.2) is 72.4 Å². The van der Waals surface area contributed by atoms with E-state index >= 15 is 0 Å². The van der Waals surface area contributed by atoms with Crippen molar-refractivity contribution in [2.24, 2.45) is 0 Å². The van der Waals surface area contributed by atoms with Crippen LogP contribution in [0.4, 0.5) is 0 Å². The number of carbonyl (C=O) groups excluding carboxylic acids is 7. The Morgan fingerprint density at radius 1 is 0.632 bits per heavy atom. The van der Waals surface area contributed by atoms with Gasteiger partial charge in [-0.25, -0.2) is 4.98 Å². The molecule has 0 amide bonds. The first-order valence-electron chi connectivity index (χ1n) is 14.3. The number of hydrogen-bond acceptors (Lipinski definition) is 11. The van der Waals surface area contributed by atoms with Crippen molar-refractivity contribution in [3.8, 4) is 22.6 Å². The number of carbonyl (C=O) groups is 3. The number of nitrogens with one attached hydrogen (secondary N) is 1. The van der Waals surface area contributed by atoms with Crippen LogP contribution in [0.1, 0.15) is 27.6 Å². The summed E-state index contributed by atoms with van der Waals surface area (Å²) < 4.78 is 4.57. The molecule has 319 valence electrons. The third-order valence-corrected chi connectivity index (χ3v) is 5.15. The predicted octanol–water partition coefficient (Wildman–Crippen LogP) is 10.2. The van der Waals surface area contributed by atoms with Crippen LogP contribution in [0.5, 0.6) is 0 Å². The van der Waals surface area contributed by atoms with Crippen LogP contribution < -0.4 is 12.3 Å². The Bertz CT molecular complexity index is 1570. The molecule has 1 aromatic heterocycles. The Kier molecular flexibility index (Phi) is 74.6. The second-order valence-electron chi connectivity index (χ2n) is 8.14. The smallest absolute Gasteiger partial charge is 0.457 e. The molecule has 0 aliphatic rings. The van der Waals surface area contributed by atoms with Gasteiger partial charge in [0.25, 0.3) is 0 Å². The summed E-state index contributed by atoms with van der Waals surface area (Å²) in [4.78, 5) is 71.9. The molecule has 0 spiro atoms. The van der Waals surface area contributed by atoms with Crippen molar-refractivity contribution in [2.45, 2.75) is 6.92 Å². The van der Waals surface area contributed by atoms with Crippen molar-refractivity contribution in [1.29, 1.82) is 0 Å². The van der Waals surface area contributed by atoms with Crippen molar-refractivity contribution in [1.82, 2.24) is 22.3 Å². The topological polar surface area (TPSA) is 227 Å². The van der Waals surface area contributed by atoms with Gasteiger partial charge in [0.15, 0.2) is 12.4 Å². The number of H-pyrrole nitrogens is 1. The minimum Gasteiger partial charge on any atom is -0.457 e. The van der Waals surface area contributed by atoms with Gasteiger partial charge in [-0.1, -0.05) is 121 Å². The van der Waals surface area contributed by atoms with E-state index < -0.39 is 5.97 Å². The number of halogens is 4. The molecule has 7 N–H and O–H groups in total. The molecule has 0 bridgehead atoms. The van der Waals surface area contributed by atoms with Crippen LogP contribution in [0.2, 0.25) is 0 Å². The van der Waals surface area contributed by atoms with Crippen LogP contribution in [-0.2, 0) is 45.8 Å². The molecule has 17 heteroatoms. The minimum absolute atomic E-state index is 0. The van der Waals surface area contributed by atoms with Gasteiger partial charge < -0.3 is 36.9 Å². The SMILES string of the molecule is CC(=O)OCC(=O)c1ccccc1.CCl.CCl.CCl.CCl.N.N.O=C=O.O=C=O.O=Cc1ccccc1.[CH3-].[CH3-].[Cu+2].c1ccc(-c2cnc(-c3ccccc3)[nH]2)cc1. The molecular formula is C40H52Cl4CuN4O8. The summed E-state index contributed by atoms with van der Waals surface area (Å²) in [7, 11) is 0. The molecule has 0 aliphatic heterocycles. The number of rotatable bonds is 6. The molecule has 4 aromatic carbocycles. The van der Waals surface area contributed by atoms with E-state index in [9.17, 15) is 14.4 Å². The maximum Gasteiger partial charge on any atom is 2.00 e. The van der Waals surface area contributed by atoms with Gasteiger partial charge in [-0.3, -0.25) is 14.4 Å². The van der Waals surface area contributed by atoms with E-state index in [1.807, 2.05) is 79.0 Å². The van der Waals surface area contributed by atoms with Gasteiger partial charge >= 0.3 is 35.3 Å². The summed E-state index contributed by atoms with van der Waals surface area (Å²) in [5, 5.41) is 0. The van der Waals surface area contributed by atoms with Crippen molar-refractivity contribution >= 4 is 76.7 Å². The summed E-state index contributed by atoms with van der Waals surface area (Å²) in [5.41, 5.74) is 4.59. The summed E-state index contributed by atoms with van der Waals surface area (Å²) >= 11 is 18.6. The largest absolute Gasteiger partial charge is 2.00 e. The Balaban J connectivity index is -0.0000000741. The number of aldehydes is 1. The average molecular weight is 922 g/mol. The fraction of sp³-hybridized carbons (Fsp3) is 0.150. The molecule has 1 radical (unpaired) electrons. The Morgan fingerprint density at radius 3 is 1.30 bits per heavy atom. The van der Waals surface area contributed by atoms with Gasteiger partial charge in [-0.2, -0.15) is 19.2 Å². The molecule has 5 aromatic rings. The summed E-state index contributed by atoms with van der Waals surface area (Å²) in [6.45, 7) is 1.09. The molecule has 0 unspecified atom stereocenters. The van der Waals surface area contributed by atoms with E-state index in [2.05, 4.69) is 73.2 Å². The summed E-state index contributed by atoms with van der Waals surface area (Å²) in [5.74, 6) is 0.282. The number of aromatic nitrogens is 2. The average Bonchev–Trinajstić information content (AvgIpc) is 3.73. The quantitative estimate of drug-likeness (QED) is 0.0362. The molecule has 57 heavy (non-hydrogen) atoms. The standard InChI is InChI=1S/C15H12N2.C10H10O3.C7H6O.4CH3Cl.2CO2.2CH3.Cu.2H3N/c1-3-7-12(8-4-1)14-11-16-15(17-14)13-9-5-2-6-10-13;1-8(11)13-7-10(12)9-5-3-2-4-6-9;8-6-7-4-2-1-3-5-7;4*1-2;2*2-1-3;;;;;/h1-11H,(H,16,17);2-6H,7H2,1H3;1-6H;4*1H3;;;2*1H3;;2*1H3/q;;;;;;;;;2*-1;+2;;.